The van der Waals surface area contributed by atoms with E-state index in [1.54, 1.807) is 19.2 Å². The summed E-state index contributed by atoms with van der Waals surface area (Å²) >= 11 is 3.39. The van der Waals surface area contributed by atoms with Gasteiger partial charge in [-0.1, -0.05) is 15.9 Å². The molecule has 0 saturated heterocycles. The normalized spacial score (nSPS) is 10.3. The van der Waals surface area contributed by atoms with E-state index in [2.05, 4.69) is 36.1 Å². The van der Waals surface area contributed by atoms with Gasteiger partial charge in [-0.2, -0.15) is 4.80 Å². The number of aromatic nitrogens is 4. The van der Waals surface area contributed by atoms with Gasteiger partial charge < -0.3 is 9.47 Å². The van der Waals surface area contributed by atoms with Crippen LogP contribution in [0.3, 0.4) is 0 Å². The number of carbonyl (C=O) groups is 1. The van der Waals surface area contributed by atoms with Crippen molar-refractivity contribution in [3.05, 3.63) is 34.1 Å². The lowest BCUT2D eigenvalue weighted by atomic mass is 10.1. The first-order valence-electron chi connectivity index (χ1n) is 5.79. The van der Waals surface area contributed by atoms with Crippen LogP contribution in [0, 0.1) is 0 Å². The van der Waals surface area contributed by atoms with Crippen LogP contribution < -0.4 is 4.74 Å². The minimum atomic E-state index is -0.307. The maximum Gasteiger partial charge on any atom is 0.310 e. The Labute approximate surface area is 124 Å². The molecule has 1 aromatic carbocycles. The second kappa shape index (κ2) is 6.47. The van der Waals surface area contributed by atoms with Gasteiger partial charge in [0.05, 0.1) is 20.6 Å². The first-order valence-corrected chi connectivity index (χ1v) is 6.58. The Kier molecular flexibility index (Phi) is 4.67. The van der Waals surface area contributed by atoms with Crippen molar-refractivity contribution >= 4 is 21.9 Å². The zero-order chi connectivity index (χ0) is 14.5. The minimum Gasteiger partial charge on any atom is -0.485 e. The quantitative estimate of drug-likeness (QED) is 0.762. The van der Waals surface area contributed by atoms with Gasteiger partial charge in [0.25, 0.3) is 0 Å². The van der Waals surface area contributed by atoms with E-state index in [0.29, 0.717) is 11.6 Å². The standard InChI is InChI=1S/C12H13BrN4O3/c1-17-15-11(14-16-17)7-20-9-3-4-10(13)8(5-9)6-12(18)19-2/h3-5H,6-7H2,1-2H3. The number of nitrogens with zero attached hydrogens (tertiary/aromatic N) is 4. The number of aryl methyl sites for hydroxylation is 1. The fourth-order valence-corrected chi connectivity index (χ4v) is 1.92. The molecule has 0 spiro atoms. The Morgan fingerprint density at radius 1 is 1.45 bits per heavy atom. The van der Waals surface area contributed by atoms with Crippen LogP contribution in [-0.2, 0) is 29.6 Å². The highest BCUT2D eigenvalue weighted by Crippen LogP contribution is 2.23. The summed E-state index contributed by atoms with van der Waals surface area (Å²) in [6.07, 6.45) is 0.178. The number of tetrazole rings is 1. The number of hydrogen-bond donors (Lipinski definition) is 0. The van der Waals surface area contributed by atoms with Gasteiger partial charge in [0.2, 0.25) is 5.82 Å². The van der Waals surface area contributed by atoms with Crippen LogP contribution in [0.1, 0.15) is 11.4 Å². The summed E-state index contributed by atoms with van der Waals surface area (Å²) in [4.78, 5) is 12.7. The molecule has 0 amide bonds. The summed E-state index contributed by atoms with van der Waals surface area (Å²) in [5, 5.41) is 11.6. The zero-order valence-electron chi connectivity index (χ0n) is 11.0. The third-order valence-electron chi connectivity index (χ3n) is 2.50. The van der Waals surface area contributed by atoms with Crippen molar-refractivity contribution in [1.29, 1.82) is 0 Å². The number of ether oxygens (including phenoxy) is 2. The Morgan fingerprint density at radius 2 is 2.25 bits per heavy atom. The highest BCUT2D eigenvalue weighted by molar-refractivity contribution is 9.10. The van der Waals surface area contributed by atoms with Crippen molar-refractivity contribution in [3.63, 3.8) is 0 Å². The molecule has 0 fully saturated rings. The average Bonchev–Trinajstić information content (AvgIpc) is 2.85. The highest BCUT2D eigenvalue weighted by Gasteiger charge is 2.09. The molecule has 0 N–H and O–H groups in total. The molecule has 0 aliphatic heterocycles. The van der Waals surface area contributed by atoms with Gasteiger partial charge in [-0.3, -0.25) is 4.79 Å². The van der Waals surface area contributed by atoms with Gasteiger partial charge in [-0.05, 0) is 29.0 Å². The van der Waals surface area contributed by atoms with Gasteiger partial charge in [0.1, 0.15) is 5.75 Å². The smallest absolute Gasteiger partial charge is 0.310 e. The predicted octanol–water partition coefficient (Wildman–Crippen LogP) is 1.27. The van der Waals surface area contributed by atoms with Crippen LogP contribution in [0.15, 0.2) is 22.7 Å². The molecule has 0 radical (unpaired) electrons. The Bertz CT molecular complexity index is 614. The number of benzene rings is 1. The van der Waals surface area contributed by atoms with Gasteiger partial charge >= 0.3 is 5.97 Å². The zero-order valence-corrected chi connectivity index (χ0v) is 12.6. The van der Waals surface area contributed by atoms with E-state index >= 15 is 0 Å². The lowest BCUT2D eigenvalue weighted by molar-refractivity contribution is -0.139. The molecule has 7 nitrogen and oxygen atoms in total. The van der Waals surface area contributed by atoms with Gasteiger partial charge in [0, 0.05) is 4.47 Å². The minimum absolute atomic E-state index is 0.178. The lowest BCUT2D eigenvalue weighted by Gasteiger charge is -2.08. The van der Waals surface area contributed by atoms with Crippen LogP contribution in [-0.4, -0.2) is 33.3 Å². The molecule has 1 heterocycles. The van der Waals surface area contributed by atoms with Crippen LogP contribution in [0.25, 0.3) is 0 Å². The number of methoxy groups -OCH3 is 1. The van der Waals surface area contributed by atoms with Crippen molar-refractivity contribution in [2.24, 2.45) is 7.05 Å². The third-order valence-corrected chi connectivity index (χ3v) is 3.27. The summed E-state index contributed by atoms with van der Waals surface area (Å²) in [5.41, 5.74) is 0.793. The van der Waals surface area contributed by atoms with E-state index in [9.17, 15) is 4.79 Å². The maximum atomic E-state index is 11.3. The van der Waals surface area contributed by atoms with Gasteiger partial charge in [-0.25, -0.2) is 0 Å². The first kappa shape index (κ1) is 14.4. The molecule has 0 aliphatic carbocycles. The van der Waals surface area contributed by atoms with E-state index in [-0.39, 0.29) is 19.0 Å². The molecule has 0 atom stereocenters. The molecular weight excluding hydrogens is 328 g/mol. The summed E-state index contributed by atoms with van der Waals surface area (Å²) in [6.45, 7) is 0.215. The average molecular weight is 341 g/mol. The SMILES string of the molecule is COC(=O)Cc1cc(OCc2nnn(C)n2)ccc1Br. The van der Waals surface area contributed by atoms with Gasteiger partial charge in [-0.15, -0.1) is 10.2 Å². The number of esters is 1. The third kappa shape index (κ3) is 3.77. The number of carbonyl (C=O) groups excluding carboxylic acids is 1. The Hall–Kier alpha value is -1.96. The van der Waals surface area contributed by atoms with Crippen LogP contribution in [0.5, 0.6) is 5.75 Å². The van der Waals surface area contributed by atoms with E-state index in [4.69, 9.17) is 4.74 Å². The number of hydrogen-bond acceptors (Lipinski definition) is 6. The monoisotopic (exact) mass is 340 g/mol. The van der Waals surface area contributed by atoms with Crippen LogP contribution in [0.2, 0.25) is 0 Å². The molecule has 8 heteroatoms. The number of halogens is 1. The molecule has 0 unspecified atom stereocenters. The van der Waals surface area contributed by atoms with E-state index in [1.807, 2.05) is 6.07 Å². The second-order valence-electron chi connectivity index (χ2n) is 3.99. The van der Waals surface area contributed by atoms with E-state index in [0.717, 1.165) is 10.0 Å². The summed E-state index contributed by atoms with van der Waals surface area (Å²) < 4.78 is 11.0. The van der Waals surface area contributed by atoms with Crippen LogP contribution >= 0.6 is 15.9 Å². The molecule has 2 aromatic rings. The molecule has 2 rings (SSSR count). The van der Waals surface area contributed by atoms with Gasteiger partial charge in [0.15, 0.2) is 6.61 Å². The molecule has 20 heavy (non-hydrogen) atoms. The van der Waals surface area contributed by atoms with Crippen LogP contribution in [0.4, 0.5) is 0 Å². The molecule has 0 aliphatic rings. The van der Waals surface area contributed by atoms with Crippen molar-refractivity contribution in [2.45, 2.75) is 13.0 Å². The molecular formula is C12H13BrN4O3. The first-order chi connectivity index (χ1) is 9.58. The van der Waals surface area contributed by atoms with E-state index in [1.165, 1.54) is 11.9 Å². The van der Waals surface area contributed by atoms with E-state index < -0.39 is 0 Å². The molecule has 106 valence electrons. The summed E-state index contributed by atoms with van der Waals surface area (Å²) in [5.74, 6) is 0.808. The summed E-state index contributed by atoms with van der Waals surface area (Å²) in [6, 6.07) is 5.39. The molecule has 1 aromatic heterocycles. The van der Waals surface area contributed by atoms with Crippen molar-refractivity contribution in [3.8, 4) is 5.75 Å². The highest BCUT2D eigenvalue weighted by atomic mass is 79.9. The number of rotatable bonds is 5. The topological polar surface area (TPSA) is 79.1 Å². The summed E-state index contributed by atoms with van der Waals surface area (Å²) in [7, 11) is 3.04. The second-order valence-corrected chi connectivity index (χ2v) is 4.84. The Balaban J connectivity index is 2.05. The predicted molar refractivity (Wildman–Crippen MR) is 73.0 cm³/mol. The fourth-order valence-electron chi connectivity index (χ4n) is 1.53. The maximum absolute atomic E-state index is 11.3. The van der Waals surface area contributed by atoms with Crippen molar-refractivity contribution in [1.82, 2.24) is 20.2 Å². The largest absolute Gasteiger partial charge is 0.485 e. The fraction of sp³-hybridized carbons (Fsp3) is 0.333. The molecule has 0 bridgehead atoms. The molecule has 0 saturated carbocycles. The Morgan fingerprint density at radius 3 is 2.90 bits per heavy atom. The lowest BCUT2D eigenvalue weighted by Crippen LogP contribution is -2.05. The van der Waals surface area contributed by atoms with Crippen molar-refractivity contribution < 1.29 is 14.3 Å². The van der Waals surface area contributed by atoms with Crippen molar-refractivity contribution in [2.75, 3.05) is 7.11 Å².